The molecule has 0 saturated carbocycles. The first-order valence-electron chi connectivity index (χ1n) is 9.40. The Kier molecular flexibility index (Phi) is 7.76. The zero-order valence-corrected chi connectivity index (χ0v) is 17.9. The van der Waals surface area contributed by atoms with Gasteiger partial charge in [0.15, 0.2) is 0 Å². The Morgan fingerprint density at radius 3 is 2.40 bits per heavy atom. The standard InChI is InChI=1S/C20H25N3O6S/c1-4-19(20(24)21-14-15-9-11-18(12-10-15)29-5-2)22(30(3,27)28)16-7-6-8-17(13-16)23(25)26/h6-13,19H,4-5,14H2,1-3H3,(H,21,24). The number of amides is 1. The van der Waals surface area contributed by atoms with Crippen LogP contribution in [-0.4, -0.2) is 38.2 Å². The van der Waals surface area contributed by atoms with Gasteiger partial charge >= 0.3 is 0 Å². The summed E-state index contributed by atoms with van der Waals surface area (Å²) in [6, 6.07) is 11.3. The van der Waals surface area contributed by atoms with Gasteiger partial charge in [0.1, 0.15) is 11.8 Å². The molecule has 0 radical (unpaired) electrons. The lowest BCUT2D eigenvalue weighted by atomic mass is 10.1. The monoisotopic (exact) mass is 435 g/mol. The lowest BCUT2D eigenvalue weighted by molar-refractivity contribution is -0.384. The highest BCUT2D eigenvalue weighted by Gasteiger charge is 2.32. The lowest BCUT2D eigenvalue weighted by Crippen LogP contribution is -2.49. The number of rotatable bonds is 10. The third-order valence-corrected chi connectivity index (χ3v) is 5.51. The molecule has 0 aliphatic heterocycles. The molecular formula is C20H25N3O6S. The minimum atomic E-state index is -3.88. The molecule has 30 heavy (non-hydrogen) atoms. The van der Waals surface area contributed by atoms with Crippen LogP contribution in [0.3, 0.4) is 0 Å². The molecule has 0 aromatic heterocycles. The van der Waals surface area contributed by atoms with Gasteiger partial charge in [-0.15, -0.1) is 0 Å². The molecule has 0 aliphatic rings. The van der Waals surface area contributed by atoms with E-state index in [0.29, 0.717) is 12.4 Å². The van der Waals surface area contributed by atoms with Crippen LogP contribution < -0.4 is 14.4 Å². The minimum absolute atomic E-state index is 0.0646. The number of nitrogens with zero attached hydrogens (tertiary/aromatic N) is 2. The van der Waals surface area contributed by atoms with Gasteiger partial charge in [-0.1, -0.05) is 25.1 Å². The molecular weight excluding hydrogens is 410 g/mol. The van der Waals surface area contributed by atoms with Crippen LogP contribution in [0.25, 0.3) is 0 Å². The number of non-ortho nitro benzene ring substituents is 1. The molecule has 0 bridgehead atoms. The van der Waals surface area contributed by atoms with E-state index in [0.717, 1.165) is 22.2 Å². The second-order valence-electron chi connectivity index (χ2n) is 6.55. The fraction of sp³-hybridized carbons (Fsp3) is 0.350. The molecule has 1 unspecified atom stereocenters. The van der Waals surface area contributed by atoms with Crippen LogP contribution in [0.15, 0.2) is 48.5 Å². The second kappa shape index (κ2) is 10.1. The van der Waals surface area contributed by atoms with E-state index >= 15 is 0 Å². The van der Waals surface area contributed by atoms with E-state index < -0.39 is 26.9 Å². The van der Waals surface area contributed by atoms with E-state index in [4.69, 9.17) is 4.74 Å². The molecule has 162 valence electrons. The van der Waals surface area contributed by atoms with Crippen LogP contribution in [-0.2, 0) is 21.4 Å². The predicted molar refractivity (Wildman–Crippen MR) is 114 cm³/mol. The van der Waals surface area contributed by atoms with E-state index in [9.17, 15) is 23.3 Å². The van der Waals surface area contributed by atoms with Crippen molar-refractivity contribution in [1.82, 2.24) is 5.32 Å². The summed E-state index contributed by atoms with van der Waals surface area (Å²) in [6.45, 7) is 4.31. The summed E-state index contributed by atoms with van der Waals surface area (Å²) in [7, 11) is -3.88. The normalized spacial score (nSPS) is 12.1. The van der Waals surface area contributed by atoms with Crippen molar-refractivity contribution in [2.75, 3.05) is 17.2 Å². The van der Waals surface area contributed by atoms with Crippen molar-refractivity contribution in [3.05, 3.63) is 64.2 Å². The molecule has 0 spiro atoms. The number of anilines is 1. The number of carbonyl (C=O) groups is 1. The maximum absolute atomic E-state index is 12.8. The number of nitro benzene ring substituents is 1. The molecule has 2 aromatic carbocycles. The Labute approximate surface area is 175 Å². The summed E-state index contributed by atoms with van der Waals surface area (Å²) >= 11 is 0. The molecule has 1 atom stereocenters. The van der Waals surface area contributed by atoms with E-state index in [1.807, 2.05) is 6.92 Å². The summed E-state index contributed by atoms with van der Waals surface area (Å²) < 4.78 is 31.2. The number of hydrogen-bond acceptors (Lipinski definition) is 6. The molecule has 2 aromatic rings. The molecule has 0 fully saturated rings. The quantitative estimate of drug-likeness (QED) is 0.453. The predicted octanol–water partition coefficient (Wildman–Crippen LogP) is 2.85. The van der Waals surface area contributed by atoms with Crippen molar-refractivity contribution in [2.45, 2.75) is 32.9 Å². The molecule has 9 nitrogen and oxygen atoms in total. The Morgan fingerprint density at radius 2 is 1.87 bits per heavy atom. The molecule has 2 rings (SSSR count). The van der Waals surface area contributed by atoms with Crippen LogP contribution >= 0.6 is 0 Å². The SMILES string of the molecule is CCOc1ccc(CNC(=O)C(CC)N(c2cccc([N+](=O)[O-])c2)S(C)(=O)=O)cc1. The second-order valence-corrected chi connectivity index (χ2v) is 8.41. The molecule has 0 heterocycles. The average molecular weight is 436 g/mol. The van der Waals surface area contributed by atoms with Gasteiger partial charge in [-0.05, 0) is 37.1 Å². The van der Waals surface area contributed by atoms with Crippen molar-refractivity contribution in [3.8, 4) is 5.75 Å². The summed E-state index contributed by atoms with van der Waals surface area (Å²) in [4.78, 5) is 23.3. The zero-order valence-electron chi connectivity index (χ0n) is 17.1. The van der Waals surface area contributed by atoms with Gasteiger partial charge in [0.05, 0.1) is 23.5 Å². The van der Waals surface area contributed by atoms with Gasteiger partial charge < -0.3 is 10.1 Å². The highest BCUT2D eigenvalue weighted by molar-refractivity contribution is 7.92. The van der Waals surface area contributed by atoms with Crippen molar-refractivity contribution >= 4 is 27.3 Å². The van der Waals surface area contributed by atoms with Gasteiger partial charge in [0.25, 0.3) is 5.69 Å². The molecule has 1 amide bonds. The molecule has 10 heteroatoms. The Bertz CT molecular complexity index is 992. The molecule has 0 saturated heterocycles. The van der Waals surface area contributed by atoms with E-state index in [1.54, 1.807) is 31.2 Å². The number of nitro groups is 1. The molecule has 1 N–H and O–H groups in total. The first kappa shape index (κ1) is 23.1. The van der Waals surface area contributed by atoms with Gasteiger partial charge in [0, 0.05) is 18.7 Å². The largest absolute Gasteiger partial charge is 0.494 e. The third-order valence-electron chi connectivity index (χ3n) is 4.33. The highest BCUT2D eigenvalue weighted by Crippen LogP contribution is 2.26. The van der Waals surface area contributed by atoms with Crippen LogP contribution in [0, 0.1) is 10.1 Å². The van der Waals surface area contributed by atoms with Crippen molar-refractivity contribution in [1.29, 1.82) is 0 Å². The average Bonchev–Trinajstić information content (AvgIpc) is 2.70. The summed E-state index contributed by atoms with van der Waals surface area (Å²) in [5.41, 5.74) is 0.628. The Morgan fingerprint density at radius 1 is 1.20 bits per heavy atom. The number of carbonyl (C=O) groups excluding carboxylic acids is 1. The fourth-order valence-corrected chi connectivity index (χ4v) is 4.18. The Hall–Kier alpha value is -3.14. The van der Waals surface area contributed by atoms with E-state index in [-0.39, 0.29) is 24.3 Å². The van der Waals surface area contributed by atoms with Gasteiger partial charge in [-0.25, -0.2) is 8.42 Å². The van der Waals surface area contributed by atoms with E-state index in [1.165, 1.54) is 18.2 Å². The van der Waals surface area contributed by atoms with Gasteiger partial charge in [0.2, 0.25) is 15.9 Å². The minimum Gasteiger partial charge on any atom is -0.494 e. The first-order valence-corrected chi connectivity index (χ1v) is 11.3. The number of benzene rings is 2. The number of nitrogens with one attached hydrogen (secondary N) is 1. The highest BCUT2D eigenvalue weighted by atomic mass is 32.2. The number of ether oxygens (including phenoxy) is 1. The first-order chi connectivity index (χ1) is 14.2. The summed E-state index contributed by atoms with van der Waals surface area (Å²) in [5.74, 6) is 0.219. The van der Waals surface area contributed by atoms with Crippen molar-refractivity contribution in [3.63, 3.8) is 0 Å². The lowest BCUT2D eigenvalue weighted by Gasteiger charge is -2.30. The smallest absolute Gasteiger partial charge is 0.271 e. The van der Waals surface area contributed by atoms with Crippen LogP contribution in [0.5, 0.6) is 5.75 Å². The van der Waals surface area contributed by atoms with E-state index in [2.05, 4.69) is 5.32 Å². The fourth-order valence-electron chi connectivity index (χ4n) is 2.98. The van der Waals surface area contributed by atoms with Crippen LogP contribution in [0.2, 0.25) is 0 Å². The van der Waals surface area contributed by atoms with Crippen molar-refractivity contribution in [2.24, 2.45) is 0 Å². The third kappa shape index (κ3) is 5.93. The summed E-state index contributed by atoms with van der Waals surface area (Å²) in [6.07, 6.45) is 1.15. The van der Waals surface area contributed by atoms with Gasteiger partial charge in [-0.3, -0.25) is 19.2 Å². The van der Waals surface area contributed by atoms with Crippen LogP contribution in [0.1, 0.15) is 25.8 Å². The molecule has 0 aliphatic carbocycles. The zero-order chi connectivity index (χ0) is 22.3. The topological polar surface area (TPSA) is 119 Å². The van der Waals surface area contributed by atoms with Gasteiger partial charge in [-0.2, -0.15) is 0 Å². The maximum Gasteiger partial charge on any atom is 0.271 e. The maximum atomic E-state index is 12.8. The number of hydrogen-bond donors (Lipinski definition) is 1. The van der Waals surface area contributed by atoms with Crippen molar-refractivity contribution < 1.29 is 22.9 Å². The summed E-state index contributed by atoms with van der Waals surface area (Å²) in [5, 5.41) is 13.8. The Balaban J connectivity index is 2.23. The number of sulfonamides is 1. The van der Waals surface area contributed by atoms with Crippen LogP contribution in [0.4, 0.5) is 11.4 Å².